The minimum Gasteiger partial charge on any atom is -0.508 e. The first-order valence-electron chi connectivity index (χ1n) is 6.43. The topological polar surface area (TPSA) is 49.7 Å². The summed E-state index contributed by atoms with van der Waals surface area (Å²) in [7, 11) is 0. The lowest BCUT2D eigenvalue weighted by molar-refractivity contribution is 0.254. The fourth-order valence-corrected chi connectivity index (χ4v) is 2.71. The molecule has 0 unspecified atom stereocenters. The van der Waals surface area contributed by atoms with Crippen molar-refractivity contribution < 1.29 is 9.90 Å². The molecule has 0 bridgehead atoms. The molecular formula is C15H19NO2. The second kappa shape index (κ2) is 4.58. The average molecular weight is 245 g/mol. The monoisotopic (exact) mass is 245 g/mol. The number of hydrogen-bond acceptors (Lipinski definition) is 3. The number of phenols is 1. The first kappa shape index (κ1) is 12.8. The zero-order chi connectivity index (χ0) is 13.3. The van der Waals surface area contributed by atoms with Crippen molar-refractivity contribution in [1.29, 1.82) is 0 Å². The Morgan fingerprint density at radius 3 is 2.50 bits per heavy atom. The number of aliphatic imine (C=N–C) groups is 1. The molecular weight excluding hydrogens is 226 g/mol. The van der Waals surface area contributed by atoms with Crippen LogP contribution in [-0.4, -0.2) is 11.2 Å². The lowest BCUT2D eigenvalue weighted by Crippen LogP contribution is -2.32. The molecule has 1 aliphatic rings. The highest BCUT2D eigenvalue weighted by Gasteiger charge is 2.40. The van der Waals surface area contributed by atoms with E-state index in [1.54, 1.807) is 12.1 Å². The molecule has 1 saturated carbocycles. The molecule has 3 nitrogen and oxygen atoms in total. The molecule has 3 heteroatoms. The van der Waals surface area contributed by atoms with Crippen LogP contribution in [0.5, 0.6) is 5.75 Å². The Labute approximate surface area is 108 Å². The van der Waals surface area contributed by atoms with E-state index in [0.29, 0.717) is 5.75 Å². The molecule has 18 heavy (non-hydrogen) atoms. The quantitative estimate of drug-likeness (QED) is 0.654. The summed E-state index contributed by atoms with van der Waals surface area (Å²) in [6, 6.07) is 3.79. The van der Waals surface area contributed by atoms with E-state index in [0.717, 1.165) is 36.0 Å². The third kappa shape index (κ3) is 1.95. The number of nitrogens with zero attached hydrogens (tertiary/aromatic N) is 1. The van der Waals surface area contributed by atoms with Crippen molar-refractivity contribution in [3.8, 4) is 5.75 Å². The normalized spacial score (nSPS) is 17.1. The third-order valence-electron chi connectivity index (χ3n) is 3.94. The third-order valence-corrected chi connectivity index (χ3v) is 3.94. The Hall–Kier alpha value is -1.60. The van der Waals surface area contributed by atoms with Crippen molar-refractivity contribution >= 4 is 6.08 Å². The minimum atomic E-state index is -0.386. The van der Waals surface area contributed by atoms with E-state index in [1.807, 2.05) is 26.8 Å². The smallest absolute Gasteiger partial charge is 0.235 e. The maximum atomic E-state index is 10.6. The minimum absolute atomic E-state index is 0.252. The van der Waals surface area contributed by atoms with Crippen LogP contribution in [0.2, 0.25) is 0 Å². The molecule has 0 heterocycles. The molecule has 1 aliphatic carbocycles. The van der Waals surface area contributed by atoms with Gasteiger partial charge in [-0.25, -0.2) is 4.79 Å². The second-order valence-corrected chi connectivity index (χ2v) is 5.47. The Morgan fingerprint density at radius 2 is 2.06 bits per heavy atom. The van der Waals surface area contributed by atoms with Crippen molar-refractivity contribution in [2.45, 2.75) is 51.5 Å². The van der Waals surface area contributed by atoms with Gasteiger partial charge in [0.15, 0.2) is 0 Å². The Balaban J connectivity index is 2.56. The molecule has 0 aromatic heterocycles. The maximum Gasteiger partial charge on any atom is 0.235 e. The molecule has 1 fully saturated rings. The van der Waals surface area contributed by atoms with E-state index in [4.69, 9.17) is 0 Å². The Morgan fingerprint density at radius 1 is 1.39 bits per heavy atom. The van der Waals surface area contributed by atoms with Crippen LogP contribution in [0.1, 0.15) is 55.7 Å². The van der Waals surface area contributed by atoms with Crippen LogP contribution in [0, 0.1) is 6.92 Å². The SMILES string of the molecule is Cc1cc(O)c(C(C)C)cc1C1(N=C=O)CCC1. The van der Waals surface area contributed by atoms with E-state index >= 15 is 0 Å². The van der Waals surface area contributed by atoms with Crippen molar-refractivity contribution in [3.63, 3.8) is 0 Å². The Bertz CT molecular complexity index is 509. The molecule has 0 amide bonds. The van der Waals surface area contributed by atoms with Crippen molar-refractivity contribution in [2.24, 2.45) is 4.99 Å². The fraction of sp³-hybridized carbons (Fsp3) is 0.533. The van der Waals surface area contributed by atoms with Crippen LogP contribution in [0.15, 0.2) is 17.1 Å². The molecule has 0 spiro atoms. The first-order chi connectivity index (χ1) is 8.50. The van der Waals surface area contributed by atoms with Gasteiger partial charge in [-0.3, -0.25) is 0 Å². The van der Waals surface area contributed by atoms with Crippen molar-refractivity contribution in [1.82, 2.24) is 0 Å². The number of isocyanates is 1. The van der Waals surface area contributed by atoms with Crippen LogP contribution < -0.4 is 0 Å². The van der Waals surface area contributed by atoms with Gasteiger partial charge in [-0.2, -0.15) is 4.99 Å². The van der Waals surface area contributed by atoms with Gasteiger partial charge in [0.05, 0.1) is 5.54 Å². The van der Waals surface area contributed by atoms with Crippen LogP contribution >= 0.6 is 0 Å². The lowest BCUT2D eigenvalue weighted by atomic mass is 9.70. The molecule has 2 rings (SSSR count). The number of hydrogen-bond donors (Lipinski definition) is 1. The number of phenolic OH excluding ortho intramolecular Hbond substituents is 1. The van der Waals surface area contributed by atoms with E-state index in [2.05, 4.69) is 4.99 Å². The summed E-state index contributed by atoms with van der Waals surface area (Å²) in [5.41, 5.74) is 2.60. The summed E-state index contributed by atoms with van der Waals surface area (Å²) >= 11 is 0. The highest BCUT2D eigenvalue weighted by atomic mass is 16.3. The summed E-state index contributed by atoms with van der Waals surface area (Å²) in [4.78, 5) is 14.7. The molecule has 96 valence electrons. The molecule has 1 aromatic rings. The second-order valence-electron chi connectivity index (χ2n) is 5.47. The van der Waals surface area contributed by atoms with Gasteiger partial charge in [0.25, 0.3) is 0 Å². The average Bonchev–Trinajstić information content (AvgIpc) is 2.24. The summed E-state index contributed by atoms with van der Waals surface area (Å²) < 4.78 is 0. The van der Waals surface area contributed by atoms with Gasteiger partial charge >= 0.3 is 0 Å². The molecule has 1 N–H and O–H groups in total. The van der Waals surface area contributed by atoms with E-state index in [1.165, 1.54) is 0 Å². The summed E-state index contributed by atoms with van der Waals surface area (Å²) in [6.45, 7) is 6.05. The van der Waals surface area contributed by atoms with Crippen molar-refractivity contribution in [2.75, 3.05) is 0 Å². The van der Waals surface area contributed by atoms with Crippen LogP contribution in [0.25, 0.3) is 0 Å². The first-order valence-corrected chi connectivity index (χ1v) is 6.43. The van der Waals surface area contributed by atoms with Gasteiger partial charge in [-0.1, -0.05) is 13.8 Å². The van der Waals surface area contributed by atoms with E-state index in [-0.39, 0.29) is 11.5 Å². The Kier molecular flexibility index (Phi) is 3.27. The molecule has 0 saturated heterocycles. The zero-order valence-electron chi connectivity index (χ0n) is 11.2. The van der Waals surface area contributed by atoms with Crippen LogP contribution in [0.3, 0.4) is 0 Å². The van der Waals surface area contributed by atoms with Gasteiger partial charge < -0.3 is 5.11 Å². The maximum absolute atomic E-state index is 10.6. The summed E-state index contributed by atoms with van der Waals surface area (Å²) in [6.07, 6.45) is 4.59. The number of aryl methyl sites for hydroxylation is 1. The fourth-order valence-electron chi connectivity index (χ4n) is 2.71. The van der Waals surface area contributed by atoms with Crippen LogP contribution in [-0.2, 0) is 10.3 Å². The predicted molar refractivity (Wildman–Crippen MR) is 70.6 cm³/mol. The highest BCUT2D eigenvalue weighted by Crippen LogP contribution is 2.47. The van der Waals surface area contributed by atoms with E-state index < -0.39 is 0 Å². The van der Waals surface area contributed by atoms with Gasteiger partial charge in [-0.05, 0) is 60.9 Å². The molecule has 0 radical (unpaired) electrons. The summed E-state index contributed by atoms with van der Waals surface area (Å²) in [5, 5.41) is 9.96. The number of carbonyl (C=O) groups excluding carboxylic acids is 1. The van der Waals surface area contributed by atoms with Gasteiger partial charge in [0, 0.05) is 0 Å². The lowest BCUT2D eigenvalue weighted by Gasteiger charge is -2.38. The molecule has 0 aliphatic heterocycles. The number of rotatable bonds is 3. The van der Waals surface area contributed by atoms with Gasteiger partial charge in [-0.15, -0.1) is 0 Å². The van der Waals surface area contributed by atoms with Gasteiger partial charge in [0.2, 0.25) is 6.08 Å². The van der Waals surface area contributed by atoms with Gasteiger partial charge in [0.1, 0.15) is 5.75 Å². The van der Waals surface area contributed by atoms with Crippen molar-refractivity contribution in [3.05, 3.63) is 28.8 Å². The van der Waals surface area contributed by atoms with Crippen LogP contribution in [0.4, 0.5) is 0 Å². The van der Waals surface area contributed by atoms with E-state index in [9.17, 15) is 9.90 Å². The molecule has 0 atom stereocenters. The highest BCUT2D eigenvalue weighted by molar-refractivity contribution is 5.48. The number of aromatic hydroxyl groups is 1. The largest absolute Gasteiger partial charge is 0.508 e. The zero-order valence-corrected chi connectivity index (χ0v) is 11.2. The predicted octanol–water partition coefficient (Wildman–Crippen LogP) is 3.54. The molecule has 1 aromatic carbocycles. The standard InChI is InChI=1S/C15H19NO2/c1-10(2)12-8-13(11(3)7-14(12)18)15(16-9-17)5-4-6-15/h7-8,10,18H,4-6H2,1-3H3. The number of benzene rings is 1. The summed E-state index contributed by atoms with van der Waals surface area (Å²) in [5.74, 6) is 0.581.